The lowest BCUT2D eigenvalue weighted by molar-refractivity contribution is 0.415. The molecular formula is C20H20N2OS. The molecule has 1 aliphatic rings. The molecule has 4 rings (SSSR count). The van der Waals surface area contributed by atoms with E-state index in [1.54, 1.807) is 7.11 Å². The van der Waals surface area contributed by atoms with E-state index in [4.69, 9.17) is 9.72 Å². The van der Waals surface area contributed by atoms with E-state index in [0.717, 1.165) is 29.8 Å². The number of pyridine rings is 1. The van der Waals surface area contributed by atoms with Crippen molar-refractivity contribution in [3.05, 3.63) is 63.7 Å². The first kappa shape index (κ1) is 15.3. The third-order valence-electron chi connectivity index (χ3n) is 4.78. The molecule has 2 heterocycles. The van der Waals surface area contributed by atoms with Gasteiger partial charge in [-0.05, 0) is 62.6 Å². The third kappa shape index (κ3) is 2.42. The fourth-order valence-corrected chi connectivity index (χ4v) is 4.46. The second-order valence-electron chi connectivity index (χ2n) is 6.40. The van der Waals surface area contributed by atoms with Gasteiger partial charge in [-0.2, -0.15) is 0 Å². The summed E-state index contributed by atoms with van der Waals surface area (Å²) in [4.78, 5) is 11.0. The summed E-state index contributed by atoms with van der Waals surface area (Å²) in [5.41, 5.74) is 4.71. The number of hydrogen-bond donors (Lipinski definition) is 0. The fraction of sp³-hybridized carbons (Fsp3) is 0.300. The van der Waals surface area contributed by atoms with Crippen molar-refractivity contribution in [2.75, 3.05) is 7.11 Å². The van der Waals surface area contributed by atoms with Gasteiger partial charge in [0.1, 0.15) is 10.8 Å². The maximum atomic E-state index is 5.25. The van der Waals surface area contributed by atoms with Crippen LogP contribution in [0.3, 0.4) is 0 Å². The van der Waals surface area contributed by atoms with Crippen molar-refractivity contribution in [3.8, 4) is 17.0 Å². The Morgan fingerprint density at radius 1 is 1.08 bits per heavy atom. The van der Waals surface area contributed by atoms with E-state index in [2.05, 4.69) is 37.0 Å². The average Bonchev–Trinajstić information content (AvgIpc) is 3.32. The number of hydrogen-bond acceptors (Lipinski definition) is 4. The highest BCUT2D eigenvalue weighted by Gasteiger charge is 2.50. The van der Waals surface area contributed by atoms with Crippen molar-refractivity contribution in [3.63, 3.8) is 0 Å². The monoisotopic (exact) mass is 336 g/mol. The minimum Gasteiger partial charge on any atom is -0.497 e. The van der Waals surface area contributed by atoms with Gasteiger partial charge in [-0.25, -0.2) is 4.98 Å². The van der Waals surface area contributed by atoms with Crippen LogP contribution in [0.4, 0.5) is 0 Å². The SMILES string of the molecule is COc1ccc(-c2nc(C3(c4ncccc4C)CC3)sc2C)cc1. The zero-order chi connectivity index (χ0) is 16.7. The van der Waals surface area contributed by atoms with Crippen LogP contribution in [0.15, 0.2) is 42.6 Å². The predicted octanol–water partition coefficient (Wildman–Crippen LogP) is 4.91. The number of rotatable bonds is 4. The van der Waals surface area contributed by atoms with Crippen molar-refractivity contribution in [1.29, 1.82) is 0 Å². The topological polar surface area (TPSA) is 35.0 Å². The number of methoxy groups -OCH3 is 1. The zero-order valence-electron chi connectivity index (χ0n) is 14.2. The van der Waals surface area contributed by atoms with Crippen LogP contribution >= 0.6 is 11.3 Å². The molecule has 3 nitrogen and oxygen atoms in total. The van der Waals surface area contributed by atoms with Crippen LogP contribution in [0.1, 0.15) is 34.0 Å². The number of aromatic nitrogens is 2. The summed E-state index contributed by atoms with van der Waals surface area (Å²) in [6, 6.07) is 12.3. The van der Waals surface area contributed by atoms with E-state index in [9.17, 15) is 0 Å². The molecule has 1 aromatic carbocycles. The van der Waals surface area contributed by atoms with Gasteiger partial charge in [0.25, 0.3) is 0 Å². The summed E-state index contributed by atoms with van der Waals surface area (Å²) in [5, 5.41) is 1.20. The fourth-order valence-electron chi connectivity index (χ4n) is 3.28. The molecule has 4 heteroatoms. The Morgan fingerprint density at radius 3 is 2.46 bits per heavy atom. The normalized spacial score (nSPS) is 15.3. The van der Waals surface area contributed by atoms with Crippen LogP contribution in [0, 0.1) is 13.8 Å². The van der Waals surface area contributed by atoms with Gasteiger partial charge in [0, 0.05) is 16.6 Å². The maximum absolute atomic E-state index is 5.25. The summed E-state index contributed by atoms with van der Waals surface area (Å²) < 4.78 is 5.25. The van der Waals surface area contributed by atoms with Crippen molar-refractivity contribution < 1.29 is 4.74 Å². The van der Waals surface area contributed by atoms with Gasteiger partial charge >= 0.3 is 0 Å². The Labute approximate surface area is 146 Å². The van der Waals surface area contributed by atoms with Gasteiger partial charge in [0.2, 0.25) is 0 Å². The molecule has 1 fully saturated rings. The number of thiazole rings is 1. The quantitative estimate of drug-likeness (QED) is 0.679. The Morgan fingerprint density at radius 2 is 1.83 bits per heavy atom. The highest BCUT2D eigenvalue weighted by atomic mass is 32.1. The molecule has 0 atom stereocenters. The lowest BCUT2D eigenvalue weighted by atomic mass is 9.98. The molecule has 0 radical (unpaired) electrons. The van der Waals surface area contributed by atoms with Crippen LogP contribution in [0.5, 0.6) is 5.75 Å². The summed E-state index contributed by atoms with van der Waals surface area (Å²) in [5.74, 6) is 0.870. The first-order valence-corrected chi connectivity index (χ1v) is 9.00. The first-order chi connectivity index (χ1) is 11.6. The molecule has 0 spiro atoms. The minimum atomic E-state index is 0.0332. The Balaban J connectivity index is 1.75. The second-order valence-corrected chi connectivity index (χ2v) is 7.61. The highest BCUT2D eigenvalue weighted by Crippen LogP contribution is 2.55. The molecule has 3 aromatic rings. The van der Waals surface area contributed by atoms with Crippen LogP contribution in [0.25, 0.3) is 11.3 Å². The Hall–Kier alpha value is -2.20. The first-order valence-electron chi connectivity index (χ1n) is 8.18. The van der Waals surface area contributed by atoms with E-state index >= 15 is 0 Å². The smallest absolute Gasteiger partial charge is 0.118 e. The Kier molecular flexibility index (Phi) is 3.65. The van der Waals surface area contributed by atoms with Crippen molar-refractivity contribution >= 4 is 11.3 Å². The predicted molar refractivity (Wildman–Crippen MR) is 97.8 cm³/mol. The lowest BCUT2D eigenvalue weighted by Gasteiger charge is -2.13. The van der Waals surface area contributed by atoms with E-state index in [1.807, 2.05) is 35.7 Å². The molecule has 0 bridgehead atoms. The Bertz CT molecular complexity index is 879. The number of aryl methyl sites for hydroxylation is 2. The average molecular weight is 336 g/mol. The lowest BCUT2D eigenvalue weighted by Crippen LogP contribution is -2.12. The van der Waals surface area contributed by atoms with Gasteiger partial charge in [0.15, 0.2) is 0 Å². The molecular weight excluding hydrogens is 316 g/mol. The van der Waals surface area contributed by atoms with Crippen molar-refractivity contribution in [2.45, 2.75) is 32.1 Å². The molecule has 1 saturated carbocycles. The van der Waals surface area contributed by atoms with Crippen molar-refractivity contribution in [2.24, 2.45) is 0 Å². The zero-order valence-corrected chi connectivity index (χ0v) is 15.0. The number of ether oxygens (including phenoxy) is 1. The maximum Gasteiger partial charge on any atom is 0.118 e. The molecule has 1 aliphatic carbocycles. The molecule has 24 heavy (non-hydrogen) atoms. The van der Waals surface area contributed by atoms with Crippen LogP contribution in [-0.4, -0.2) is 17.1 Å². The van der Waals surface area contributed by atoms with Gasteiger partial charge in [-0.15, -0.1) is 11.3 Å². The van der Waals surface area contributed by atoms with Crippen LogP contribution < -0.4 is 4.74 Å². The number of nitrogens with zero attached hydrogens (tertiary/aromatic N) is 2. The van der Waals surface area contributed by atoms with Crippen LogP contribution in [-0.2, 0) is 5.41 Å². The summed E-state index contributed by atoms with van der Waals surface area (Å²) in [6.45, 7) is 4.30. The summed E-state index contributed by atoms with van der Waals surface area (Å²) in [7, 11) is 1.69. The largest absolute Gasteiger partial charge is 0.497 e. The highest BCUT2D eigenvalue weighted by molar-refractivity contribution is 7.12. The second kappa shape index (κ2) is 5.71. The molecule has 0 unspecified atom stereocenters. The van der Waals surface area contributed by atoms with E-state index in [-0.39, 0.29) is 5.41 Å². The van der Waals surface area contributed by atoms with E-state index in [1.165, 1.54) is 21.1 Å². The molecule has 0 aliphatic heterocycles. The molecule has 0 saturated heterocycles. The van der Waals surface area contributed by atoms with Crippen LogP contribution in [0.2, 0.25) is 0 Å². The van der Waals surface area contributed by atoms with E-state index in [0.29, 0.717) is 0 Å². The molecule has 122 valence electrons. The standard InChI is InChI=1S/C20H20N2OS/c1-13-5-4-12-21-18(13)20(10-11-20)19-22-17(14(2)24-19)15-6-8-16(23-3)9-7-15/h4-9,12H,10-11H2,1-3H3. The van der Waals surface area contributed by atoms with Crippen molar-refractivity contribution in [1.82, 2.24) is 9.97 Å². The van der Waals surface area contributed by atoms with E-state index < -0.39 is 0 Å². The minimum absolute atomic E-state index is 0.0332. The summed E-state index contributed by atoms with van der Waals surface area (Å²) >= 11 is 1.81. The van der Waals surface area contributed by atoms with Gasteiger partial charge < -0.3 is 4.74 Å². The third-order valence-corrected chi connectivity index (χ3v) is 5.96. The molecule has 2 aromatic heterocycles. The molecule has 0 amide bonds. The number of benzene rings is 1. The van der Waals surface area contributed by atoms with Gasteiger partial charge in [-0.3, -0.25) is 4.98 Å². The van der Waals surface area contributed by atoms with Gasteiger partial charge in [0.05, 0.1) is 23.9 Å². The molecule has 0 N–H and O–H groups in total. The summed E-state index contributed by atoms with van der Waals surface area (Å²) in [6.07, 6.45) is 4.17. The van der Waals surface area contributed by atoms with Gasteiger partial charge in [-0.1, -0.05) is 6.07 Å².